The van der Waals surface area contributed by atoms with Crippen molar-refractivity contribution in [2.24, 2.45) is 5.92 Å². The number of halogens is 1. The highest BCUT2D eigenvalue weighted by molar-refractivity contribution is 5.52. The first-order valence-electron chi connectivity index (χ1n) is 7.85. The van der Waals surface area contributed by atoms with Crippen LogP contribution in [-0.4, -0.2) is 30.6 Å². The fraction of sp³-hybridized carbons (Fsp3) is 0.647. The summed E-state index contributed by atoms with van der Waals surface area (Å²) in [6.45, 7) is 9.91. The zero-order chi connectivity index (χ0) is 14.5. The van der Waals surface area contributed by atoms with Gasteiger partial charge in [-0.15, -0.1) is 0 Å². The van der Waals surface area contributed by atoms with Crippen LogP contribution in [0.3, 0.4) is 0 Å². The molecule has 1 aromatic carbocycles. The molecule has 0 aliphatic carbocycles. The standard InChI is InChI=1S/C17H27FN2/c1-4-10-20-11-6-8-15(12-20)14(3)19-17-13(2)7-5-9-16(17)18/h5,7,9,14-15,19H,4,6,8,10-12H2,1-3H3. The molecular formula is C17H27FN2. The Labute approximate surface area is 122 Å². The van der Waals surface area contributed by atoms with Gasteiger partial charge in [0, 0.05) is 12.6 Å². The highest BCUT2D eigenvalue weighted by atomic mass is 19.1. The minimum absolute atomic E-state index is 0.141. The summed E-state index contributed by atoms with van der Waals surface area (Å²) in [6.07, 6.45) is 3.70. The van der Waals surface area contributed by atoms with Gasteiger partial charge in [-0.25, -0.2) is 4.39 Å². The Morgan fingerprint density at radius 1 is 1.45 bits per heavy atom. The lowest BCUT2D eigenvalue weighted by Gasteiger charge is -2.36. The Hall–Kier alpha value is -1.09. The summed E-state index contributed by atoms with van der Waals surface area (Å²) < 4.78 is 13.9. The second-order valence-electron chi connectivity index (χ2n) is 6.07. The predicted molar refractivity (Wildman–Crippen MR) is 83.7 cm³/mol. The van der Waals surface area contributed by atoms with Gasteiger partial charge >= 0.3 is 0 Å². The first kappa shape index (κ1) is 15.3. The third kappa shape index (κ3) is 3.72. The number of hydrogen-bond acceptors (Lipinski definition) is 2. The lowest BCUT2D eigenvalue weighted by molar-refractivity contribution is 0.165. The fourth-order valence-corrected chi connectivity index (χ4v) is 3.18. The molecule has 1 heterocycles. The molecule has 2 atom stereocenters. The summed E-state index contributed by atoms with van der Waals surface area (Å²) in [5, 5.41) is 3.41. The third-order valence-corrected chi connectivity index (χ3v) is 4.38. The summed E-state index contributed by atoms with van der Waals surface area (Å²) >= 11 is 0. The van der Waals surface area contributed by atoms with Gasteiger partial charge in [-0.3, -0.25) is 0 Å². The van der Waals surface area contributed by atoms with Crippen LogP contribution in [0, 0.1) is 18.7 Å². The Kier molecular flexibility index (Phi) is 5.41. The van der Waals surface area contributed by atoms with E-state index in [1.54, 1.807) is 6.07 Å². The maximum absolute atomic E-state index is 13.9. The van der Waals surface area contributed by atoms with Gasteiger partial charge in [0.25, 0.3) is 0 Å². The minimum atomic E-state index is -0.141. The molecule has 1 saturated heterocycles. The van der Waals surface area contributed by atoms with Crippen LogP contribution in [0.2, 0.25) is 0 Å². The van der Waals surface area contributed by atoms with E-state index in [9.17, 15) is 4.39 Å². The molecule has 1 aliphatic heterocycles. The predicted octanol–water partition coefficient (Wildman–Crippen LogP) is 4.06. The summed E-state index contributed by atoms with van der Waals surface area (Å²) in [7, 11) is 0. The molecule has 20 heavy (non-hydrogen) atoms. The van der Waals surface area contributed by atoms with Gasteiger partial charge in [0.05, 0.1) is 5.69 Å². The largest absolute Gasteiger partial charge is 0.380 e. The SMILES string of the molecule is CCCN1CCCC(C(C)Nc2c(C)cccc2F)C1. The lowest BCUT2D eigenvalue weighted by Crippen LogP contribution is -2.42. The Bertz CT molecular complexity index is 411. The summed E-state index contributed by atoms with van der Waals surface area (Å²) in [5.41, 5.74) is 1.66. The number of likely N-dealkylation sites (tertiary alicyclic amines) is 1. The first-order valence-corrected chi connectivity index (χ1v) is 7.85. The molecular weight excluding hydrogens is 251 g/mol. The van der Waals surface area contributed by atoms with Crippen LogP contribution >= 0.6 is 0 Å². The topological polar surface area (TPSA) is 15.3 Å². The van der Waals surface area contributed by atoms with Crippen LogP contribution in [0.1, 0.15) is 38.7 Å². The summed E-state index contributed by atoms with van der Waals surface area (Å²) in [4.78, 5) is 2.54. The second kappa shape index (κ2) is 7.07. The zero-order valence-corrected chi connectivity index (χ0v) is 13.0. The maximum Gasteiger partial charge on any atom is 0.146 e. The van der Waals surface area contributed by atoms with Crippen molar-refractivity contribution in [3.63, 3.8) is 0 Å². The van der Waals surface area contributed by atoms with Gasteiger partial charge < -0.3 is 10.2 Å². The van der Waals surface area contributed by atoms with Crippen molar-refractivity contribution in [2.45, 2.75) is 46.1 Å². The van der Waals surface area contributed by atoms with Crippen LogP contribution in [0.25, 0.3) is 0 Å². The average Bonchev–Trinajstić information content (AvgIpc) is 2.43. The molecule has 0 bridgehead atoms. The molecule has 1 fully saturated rings. The zero-order valence-electron chi connectivity index (χ0n) is 13.0. The Morgan fingerprint density at radius 3 is 2.95 bits per heavy atom. The number of rotatable bonds is 5. The average molecular weight is 278 g/mol. The maximum atomic E-state index is 13.9. The monoisotopic (exact) mass is 278 g/mol. The van der Waals surface area contributed by atoms with Gasteiger partial charge in [-0.2, -0.15) is 0 Å². The molecule has 2 unspecified atom stereocenters. The summed E-state index contributed by atoms with van der Waals surface area (Å²) in [6, 6.07) is 5.57. The Balaban J connectivity index is 1.99. The van der Waals surface area contributed by atoms with E-state index in [4.69, 9.17) is 0 Å². The summed E-state index contributed by atoms with van der Waals surface area (Å²) in [5.74, 6) is 0.465. The molecule has 0 spiro atoms. The number of para-hydroxylation sites is 1. The molecule has 2 rings (SSSR count). The second-order valence-corrected chi connectivity index (χ2v) is 6.07. The van der Waals surface area contributed by atoms with Crippen molar-refractivity contribution in [1.29, 1.82) is 0 Å². The Morgan fingerprint density at radius 2 is 2.25 bits per heavy atom. The lowest BCUT2D eigenvalue weighted by atomic mass is 9.91. The molecule has 0 aromatic heterocycles. The van der Waals surface area contributed by atoms with Crippen LogP contribution in [0.15, 0.2) is 18.2 Å². The smallest absolute Gasteiger partial charge is 0.146 e. The van der Waals surface area contributed by atoms with Crippen molar-refractivity contribution in [2.75, 3.05) is 25.0 Å². The molecule has 0 amide bonds. The number of hydrogen-bond donors (Lipinski definition) is 1. The molecule has 3 heteroatoms. The molecule has 0 saturated carbocycles. The molecule has 1 N–H and O–H groups in total. The van der Waals surface area contributed by atoms with E-state index in [1.165, 1.54) is 38.4 Å². The quantitative estimate of drug-likeness (QED) is 0.874. The van der Waals surface area contributed by atoms with Crippen LogP contribution in [0.5, 0.6) is 0 Å². The van der Waals surface area contributed by atoms with Gasteiger partial charge in [0.1, 0.15) is 5.82 Å². The van der Waals surface area contributed by atoms with Crippen molar-refractivity contribution in [3.8, 4) is 0 Å². The molecule has 112 valence electrons. The normalized spacial score (nSPS) is 21.7. The van der Waals surface area contributed by atoms with E-state index in [0.29, 0.717) is 17.6 Å². The van der Waals surface area contributed by atoms with Crippen molar-refractivity contribution in [1.82, 2.24) is 4.90 Å². The van der Waals surface area contributed by atoms with Crippen LogP contribution in [-0.2, 0) is 0 Å². The van der Waals surface area contributed by atoms with Gasteiger partial charge in [-0.05, 0) is 63.7 Å². The van der Waals surface area contributed by atoms with Gasteiger partial charge in [0.15, 0.2) is 0 Å². The van der Waals surface area contributed by atoms with Gasteiger partial charge in [0.2, 0.25) is 0 Å². The highest BCUT2D eigenvalue weighted by Gasteiger charge is 2.24. The number of nitrogens with one attached hydrogen (secondary N) is 1. The van der Waals surface area contributed by atoms with E-state index in [0.717, 1.165) is 12.1 Å². The molecule has 1 aromatic rings. The van der Waals surface area contributed by atoms with Crippen molar-refractivity contribution in [3.05, 3.63) is 29.6 Å². The van der Waals surface area contributed by atoms with Crippen LogP contribution < -0.4 is 5.32 Å². The van der Waals surface area contributed by atoms with Gasteiger partial charge in [-0.1, -0.05) is 19.1 Å². The van der Waals surface area contributed by atoms with Crippen LogP contribution in [0.4, 0.5) is 10.1 Å². The van der Waals surface area contributed by atoms with E-state index >= 15 is 0 Å². The third-order valence-electron chi connectivity index (χ3n) is 4.38. The molecule has 2 nitrogen and oxygen atoms in total. The van der Waals surface area contributed by atoms with E-state index in [-0.39, 0.29) is 5.82 Å². The minimum Gasteiger partial charge on any atom is -0.380 e. The number of benzene rings is 1. The first-order chi connectivity index (χ1) is 9.61. The van der Waals surface area contributed by atoms with E-state index in [1.807, 2.05) is 13.0 Å². The van der Waals surface area contributed by atoms with Crippen molar-refractivity contribution < 1.29 is 4.39 Å². The van der Waals surface area contributed by atoms with E-state index in [2.05, 4.69) is 24.1 Å². The van der Waals surface area contributed by atoms with Crippen molar-refractivity contribution >= 4 is 5.69 Å². The highest BCUT2D eigenvalue weighted by Crippen LogP contribution is 2.25. The number of anilines is 1. The fourth-order valence-electron chi connectivity index (χ4n) is 3.18. The molecule has 1 aliphatic rings. The molecule has 0 radical (unpaired) electrons. The number of nitrogens with zero attached hydrogens (tertiary/aromatic N) is 1. The van der Waals surface area contributed by atoms with E-state index < -0.39 is 0 Å². The number of aryl methyl sites for hydroxylation is 1. The number of piperidine rings is 1.